The first-order chi connectivity index (χ1) is 12.1. The van der Waals surface area contributed by atoms with E-state index in [0.29, 0.717) is 5.92 Å². The molecule has 0 saturated carbocycles. The summed E-state index contributed by atoms with van der Waals surface area (Å²) in [7, 11) is 0. The summed E-state index contributed by atoms with van der Waals surface area (Å²) in [6.07, 6.45) is 2.10. The fraction of sp³-hybridized carbons (Fsp3) is 0.391. The van der Waals surface area contributed by atoms with Gasteiger partial charge in [-0.2, -0.15) is 0 Å². The molecule has 2 aromatic carbocycles. The van der Waals surface area contributed by atoms with Crippen LogP contribution in [0.5, 0.6) is 11.5 Å². The number of benzene rings is 2. The van der Waals surface area contributed by atoms with Gasteiger partial charge in [-0.15, -0.1) is 0 Å². The fourth-order valence-corrected chi connectivity index (χ4v) is 3.40. The highest BCUT2D eigenvalue weighted by Gasteiger charge is 2.14. The minimum Gasteiger partial charge on any atom is -0.457 e. The average Bonchev–Trinajstić information content (AvgIpc) is 2.92. The van der Waals surface area contributed by atoms with E-state index in [1.54, 1.807) is 0 Å². The Balaban J connectivity index is 1.93. The van der Waals surface area contributed by atoms with Crippen LogP contribution in [0, 0.1) is 13.8 Å². The zero-order valence-corrected chi connectivity index (χ0v) is 16.9. The summed E-state index contributed by atoms with van der Waals surface area (Å²) < 4.78 is 6.30. The zero-order chi connectivity index (χ0) is 19.1. The Kier molecular flexibility index (Phi) is 4.74. The molecule has 0 aliphatic rings. The van der Waals surface area contributed by atoms with Gasteiger partial charge in [-0.25, -0.2) is 0 Å². The first kappa shape index (κ1) is 18.4. The van der Waals surface area contributed by atoms with Crippen molar-refractivity contribution in [3.63, 3.8) is 0 Å². The van der Waals surface area contributed by atoms with Gasteiger partial charge in [0.05, 0.1) is 0 Å². The summed E-state index contributed by atoms with van der Waals surface area (Å²) in [6, 6.07) is 10.6. The van der Waals surface area contributed by atoms with Gasteiger partial charge in [0.2, 0.25) is 0 Å². The molecule has 1 heterocycles. The minimum atomic E-state index is 0.0355. The lowest BCUT2D eigenvalue weighted by atomic mass is 10.0. The van der Waals surface area contributed by atoms with Crippen molar-refractivity contribution in [2.45, 2.75) is 59.9 Å². The molecule has 3 aromatic rings. The van der Waals surface area contributed by atoms with Crippen molar-refractivity contribution >= 4 is 16.6 Å². The summed E-state index contributed by atoms with van der Waals surface area (Å²) in [4.78, 5) is 3.35. The van der Waals surface area contributed by atoms with Crippen LogP contribution in [0.2, 0.25) is 0 Å². The molecule has 3 nitrogen and oxygen atoms in total. The second kappa shape index (κ2) is 6.71. The van der Waals surface area contributed by atoms with E-state index in [1.165, 1.54) is 10.9 Å². The van der Waals surface area contributed by atoms with Crippen LogP contribution in [-0.4, -0.2) is 10.5 Å². The normalized spacial score (nSPS) is 12.0. The van der Waals surface area contributed by atoms with Crippen molar-refractivity contribution in [1.82, 2.24) is 4.98 Å². The van der Waals surface area contributed by atoms with E-state index in [1.807, 2.05) is 6.07 Å². The minimum absolute atomic E-state index is 0.0355. The maximum Gasteiger partial charge on any atom is 0.133 e. The van der Waals surface area contributed by atoms with Crippen LogP contribution in [0.3, 0.4) is 0 Å². The van der Waals surface area contributed by atoms with Crippen LogP contribution in [-0.2, 0) is 0 Å². The van der Waals surface area contributed by atoms with Crippen molar-refractivity contribution < 1.29 is 4.74 Å². The van der Waals surface area contributed by atoms with Crippen molar-refractivity contribution in [3.05, 3.63) is 53.2 Å². The first-order valence-electron chi connectivity index (χ1n) is 9.32. The van der Waals surface area contributed by atoms with E-state index in [4.69, 9.17) is 4.74 Å². The van der Waals surface area contributed by atoms with E-state index in [2.05, 4.69) is 89.2 Å². The molecular weight excluding hydrogens is 320 g/mol. The Bertz CT molecular complexity index is 906. The lowest BCUT2D eigenvalue weighted by Crippen LogP contribution is -2.26. The van der Waals surface area contributed by atoms with Crippen LogP contribution in [0.25, 0.3) is 10.9 Å². The number of nitrogens with one attached hydrogen (secondary N) is 2. The van der Waals surface area contributed by atoms with Gasteiger partial charge in [-0.1, -0.05) is 13.8 Å². The molecule has 0 bridgehead atoms. The number of aromatic nitrogens is 1. The Morgan fingerprint density at radius 2 is 1.65 bits per heavy atom. The number of H-pyrrole nitrogens is 1. The molecule has 3 heteroatoms. The van der Waals surface area contributed by atoms with Gasteiger partial charge < -0.3 is 15.0 Å². The number of hydrogen-bond donors (Lipinski definition) is 2. The van der Waals surface area contributed by atoms with Gasteiger partial charge in [0, 0.05) is 28.3 Å². The van der Waals surface area contributed by atoms with Crippen LogP contribution < -0.4 is 10.1 Å². The Morgan fingerprint density at radius 1 is 1.00 bits per heavy atom. The van der Waals surface area contributed by atoms with E-state index in [9.17, 15) is 0 Å². The molecule has 0 fully saturated rings. The summed E-state index contributed by atoms with van der Waals surface area (Å²) in [5.74, 6) is 2.29. The fourth-order valence-electron chi connectivity index (χ4n) is 3.40. The molecule has 0 unspecified atom stereocenters. The van der Waals surface area contributed by atoms with Crippen molar-refractivity contribution in [2.24, 2.45) is 0 Å². The molecule has 0 atom stereocenters. The van der Waals surface area contributed by atoms with Gasteiger partial charge in [0.25, 0.3) is 0 Å². The maximum atomic E-state index is 6.30. The van der Waals surface area contributed by atoms with Crippen LogP contribution in [0.1, 0.15) is 57.2 Å². The summed E-state index contributed by atoms with van der Waals surface area (Å²) >= 11 is 0. The Morgan fingerprint density at radius 3 is 2.23 bits per heavy atom. The van der Waals surface area contributed by atoms with Crippen LogP contribution in [0.15, 0.2) is 36.5 Å². The number of hydrogen-bond acceptors (Lipinski definition) is 2. The number of aryl methyl sites for hydroxylation is 2. The molecule has 0 spiro atoms. The van der Waals surface area contributed by atoms with Crippen molar-refractivity contribution in [2.75, 3.05) is 5.32 Å². The summed E-state index contributed by atoms with van der Waals surface area (Å²) in [6.45, 7) is 15.1. The Hall–Kier alpha value is -2.42. The Labute approximate surface area is 156 Å². The van der Waals surface area contributed by atoms with Gasteiger partial charge in [0.15, 0.2) is 0 Å². The number of fused-ring (bicyclic) bond motifs is 1. The molecule has 0 amide bonds. The molecule has 0 aliphatic carbocycles. The van der Waals surface area contributed by atoms with E-state index in [0.717, 1.165) is 33.8 Å². The van der Waals surface area contributed by atoms with Gasteiger partial charge in [-0.05, 0) is 87.6 Å². The molecule has 0 radical (unpaired) electrons. The van der Waals surface area contributed by atoms with Gasteiger partial charge in [0.1, 0.15) is 11.5 Å². The third-order valence-corrected chi connectivity index (χ3v) is 4.51. The third kappa shape index (κ3) is 3.87. The smallest absolute Gasteiger partial charge is 0.133 e. The summed E-state index contributed by atoms with van der Waals surface area (Å²) in [5.41, 5.74) is 5.91. The first-order valence-corrected chi connectivity index (χ1v) is 9.32. The third-order valence-electron chi connectivity index (χ3n) is 4.51. The number of rotatable bonds is 4. The average molecular weight is 351 g/mol. The lowest BCUT2D eigenvalue weighted by molar-refractivity contribution is 0.476. The topological polar surface area (TPSA) is 37.0 Å². The predicted octanol–water partition coefficient (Wildman–Crippen LogP) is 6.91. The summed E-state index contributed by atoms with van der Waals surface area (Å²) in [5, 5.41) is 4.77. The van der Waals surface area contributed by atoms with Gasteiger partial charge >= 0.3 is 0 Å². The number of ether oxygens (including phenoxy) is 1. The van der Waals surface area contributed by atoms with Crippen LogP contribution >= 0.6 is 0 Å². The van der Waals surface area contributed by atoms with Crippen LogP contribution in [0.4, 0.5) is 5.69 Å². The second-order valence-corrected chi connectivity index (χ2v) is 8.52. The molecule has 0 aliphatic heterocycles. The number of anilines is 1. The lowest BCUT2D eigenvalue weighted by Gasteiger charge is -2.23. The van der Waals surface area contributed by atoms with Crippen molar-refractivity contribution in [3.8, 4) is 11.5 Å². The van der Waals surface area contributed by atoms with Gasteiger partial charge in [-0.3, -0.25) is 0 Å². The SMILES string of the molecule is Cc1cc(NC(C)(C)C)cc(C)c1Oc1ccc2[nH]cc(C(C)C)c2c1. The largest absolute Gasteiger partial charge is 0.457 e. The number of aromatic amines is 1. The molecule has 0 saturated heterocycles. The van der Waals surface area contributed by atoms with E-state index in [-0.39, 0.29) is 5.54 Å². The highest BCUT2D eigenvalue weighted by molar-refractivity contribution is 5.85. The van der Waals surface area contributed by atoms with E-state index >= 15 is 0 Å². The highest BCUT2D eigenvalue weighted by atomic mass is 16.5. The monoisotopic (exact) mass is 350 g/mol. The molecule has 1 aromatic heterocycles. The van der Waals surface area contributed by atoms with Crippen molar-refractivity contribution in [1.29, 1.82) is 0 Å². The molecular formula is C23H30N2O. The second-order valence-electron chi connectivity index (χ2n) is 8.52. The molecule has 3 rings (SSSR count). The standard InChI is InChI=1S/C23H30N2O/c1-14(2)20-13-24-21-9-8-18(12-19(20)21)26-22-15(3)10-17(11-16(22)4)25-23(5,6)7/h8-14,24-25H,1-7H3. The molecule has 26 heavy (non-hydrogen) atoms. The molecule has 2 N–H and O–H groups in total. The highest BCUT2D eigenvalue weighted by Crippen LogP contribution is 2.35. The maximum absolute atomic E-state index is 6.30. The van der Waals surface area contributed by atoms with E-state index < -0.39 is 0 Å². The zero-order valence-electron chi connectivity index (χ0n) is 16.9. The predicted molar refractivity (Wildman–Crippen MR) is 112 cm³/mol. The molecule has 138 valence electrons. The quantitative estimate of drug-likeness (QED) is 0.536.